The predicted octanol–water partition coefficient (Wildman–Crippen LogP) is 1.85. The second-order valence-corrected chi connectivity index (χ2v) is 8.55. The van der Waals surface area contributed by atoms with E-state index >= 15 is 0 Å². The molecule has 0 spiro atoms. The summed E-state index contributed by atoms with van der Waals surface area (Å²) in [5.41, 5.74) is 0.157. The molecule has 1 aromatic heterocycles. The molecule has 27 heavy (non-hydrogen) atoms. The van der Waals surface area contributed by atoms with E-state index in [2.05, 4.69) is 20.2 Å². The molecule has 0 bridgehead atoms. The van der Waals surface area contributed by atoms with Crippen molar-refractivity contribution in [2.75, 3.05) is 32.7 Å². The van der Waals surface area contributed by atoms with Gasteiger partial charge in [-0.1, -0.05) is 25.2 Å². The molecule has 2 N–H and O–H groups in total. The van der Waals surface area contributed by atoms with E-state index < -0.39 is 15.9 Å². The minimum atomic E-state index is -3.87. The van der Waals surface area contributed by atoms with E-state index in [1.807, 2.05) is 13.8 Å². The normalized spacial score (nSPS) is 11.6. The summed E-state index contributed by atoms with van der Waals surface area (Å²) < 4.78 is 37.4. The van der Waals surface area contributed by atoms with E-state index in [1.165, 1.54) is 43.8 Å². The van der Waals surface area contributed by atoms with Gasteiger partial charge in [-0.2, -0.15) is 0 Å². The standard InChI is InChI=1S/C16H22N4O5S2/c1-10(2)15-19-20-16(26-15)18-14(21)11-5-6-12(25-4)13(9-11)27(22,23)17-7-8-24-3/h5-6,9-10,17H,7-8H2,1-4H3,(H,18,20,21). The van der Waals surface area contributed by atoms with Gasteiger partial charge >= 0.3 is 0 Å². The van der Waals surface area contributed by atoms with Gasteiger partial charge in [0.2, 0.25) is 15.2 Å². The van der Waals surface area contributed by atoms with Gasteiger partial charge < -0.3 is 9.47 Å². The topological polar surface area (TPSA) is 120 Å². The Kier molecular flexibility index (Phi) is 7.25. The van der Waals surface area contributed by atoms with Crippen molar-refractivity contribution in [3.8, 4) is 5.75 Å². The summed E-state index contributed by atoms with van der Waals surface area (Å²) in [7, 11) is -1.04. The summed E-state index contributed by atoms with van der Waals surface area (Å²) >= 11 is 1.27. The molecule has 0 unspecified atom stereocenters. The van der Waals surface area contributed by atoms with Crippen LogP contribution >= 0.6 is 11.3 Å². The van der Waals surface area contributed by atoms with E-state index in [-0.39, 0.29) is 35.3 Å². The molecule has 0 aliphatic carbocycles. The van der Waals surface area contributed by atoms with E-state index in [0.29, 0.717) is 5.13 Å². The van der Waals surface area contributed by atoms with Gasteiger partial charge in [0.15, 0.2) is 0 Å². The molecular weight excluding hydrogens is 392 g/mol. The van der Waals surface area contributed by atoms with Crippen LogP contribution in [0.4, 0.5) is 5.13 Å². The molecule has 9 nitrogen and oxygen atoms in total. The zero-order chi connectivity index (χ0) is 20.0. The van der Waals surface area contributed by atoms with Crippen molar-refractivity contribution in [1.29, 1.82) is 0 Å². The van der Waals surface area contributed by atoms with Crippen molar-refractivity contribution in [1.82, 2.24) is 14.9 Å². The number of ether oxygens (including phenoxy) is 2. The molecule has 1 amide bonds. The Labute approximate surface area is 162 Å². The second kappa shape index (κ2) is 9.22. The van der Waals surface area contributed by atoms with Crippen LogP contribution in [0, 0.1) is 0 Å². The van der Waals surface area contributed by atoms with Crippen molar-refractivity contribution in [3.63, 3.8) is 0 Å². The first kappa shape index (κ1) is 21.2. The van der Waals surface area contributed by atoms with Gasteiger partial charge in [-0.25, -0.2) is 13.1 Å². The number of carbonyl (C=O) groups is 1. The lowest BCUT2D eigenvalue weighted by atomic mass is 10.2. The number of methoxy groups -OCH3 is 2. The summed E-state index contributed by atoms with van der Waals surface area (Å²) in [6.45, 7) is 4.27. The van der Waals surface area contributed by atoms with Crippen molar-refractivity contribution in [3.05, 3.63) is 28.8 Å². The summed E-state index contributed by atoms with van der Waals surface area (Å²) in [6.07, 6.45) is 0. The van der Waals surface area contributed by atoms with Crippen molar-refractivity contribution < 1.29 is 22.7 Å². The molecular formula is C16H22N4O5S2. The number of nitrogens with one attached hydrogen (secondary N) is 2. The molecule has 0 fully saturated rings. The Bertz CT molecular complexity index is 896. The van der Waals surface area contributed by atoms with Crippen molar-refractivity contribution >= 4 is 32.4 Å². The van der Waals surface area contributed by atoms with Gasteiger partial charge in [0.1, 0.15) is 15.7 Å². The van der Waals surface area contributed by atoms with E-state index in [1.54, 1.807) is 0 Å². The van der Waals surface area contributed by atoms with Crippen LogP contribution in [0.2, 0.25) is 0 Å². The lowest BCUT2D eigenvalue weighted by Crippen LogP contribution is -2.28. The fraction of sp³-hybridized carbons (Fsp3) is 0.438. The fourth-order valence-corrected chi connectivity index (χ4v) is 4.02. The maximum Gasteiger partial charge on any atom is 0.257 e. The average Bonchev–Trinajstić information content (AvgIpc) is 3.10. The molecule has 2 aromatic rings. The SMILES string of the molecule is COCCNS(=O)(=O)c1cc(C(=O)Nc2nnc(C(C)C)s2)ccc1OC. The maximum atomic E-state index is 12.5. The third kappa shape index (κ3) is 5.45. The maximum absolute atomic E-state index is 12.5. The Balaban J connectivity index is 2.25. The van der Waals surface area contributed by atoms with Crippen LogP contribution in [0.5, 0.6) is 5.75 Å². The van der Waals surface area contributed by atoms with Gasteiger partial charge in [-0.05, 0) is 18.2 Å². The minimum absolute atomic E-state index is 0.0984. The lowest BCUT2D eigenvalue weighted by molar-refractivity contribution is 0.102. The first-order valence-corrected chi connectivity index (χ1v) is 10.4. The number of hydrogen-bond acceptors (Lipinski definition) is 8. The summed E-state index contributed by atoms with van der Waals surface area (Å²) in [5, 5.41) is 11.7. The summed E-state index contributed by atoms with van der Waals surface area (Å²) in [4.78, 5) is 12.4. The quantitative estimate of drug-likeness (QED) is 0.601. The molecule has 1 heterocycles. The number of benzene rings is 1. The third-order valence-corrected chi connectivity index (χ3v) is 6.09. The fourth-order valence-electron chi connectivity index (χ4n) is 2.07. The molecule has 0 radical (unpaired) electrons. The second-order valence-electron chi connectivity index (χ2n) is 5.81. The number of anilines is 1. The Hall–Kier alpha value is -2.08. The molecule has 0 saturated carbocycles. The van der Waals surface area contributed by atoms with Gasteiger partial charge in [-0.15, -0.1) is 10.2 Å². The molecule has 11 heteroatoms. The number of carbonyl (C=O) groups excluding carboxylic acids is 1. The highest BCUT2D eigenvalue weighted by Crippen LogP contribution is 2.26. The minimum Gasteiger partial charge on any atom is -0.495 e. The van der Waals surface area contributed by atoms with Crippen molar-refractivity contribution in [2.24, 2.45) is 0 Å². The highest BCUT2D eigenvalue weighted by Gasteiger charge is 2.22. The van der Waals surface area contributed by atoms with Crippen LogP contribution in [0.15, 0.2) is 23.1 Å². The Morgan fingerprint density at radius 3 is 2.59 bits per heavy atom. The number of nitrogens with zero attached hydrogens (tertiary/aromatic N) is 2. The first-order chi connectivity index (χ1) is 12.8. The van der Waals surface area contributed by atoms with Crippen molar-refractivity contribution in [2.45, 2.75) is 24.7 Å². The molecule has 0 aliphatic rings. The number of hydrogen-bond donors (Lipinski definition) is 2. The smallest absolute Gasteiger partial charge is 0.257 e. The first-order valence-electron chi connectivity index (χ1n) is 8.10. The number of sulfonamides is 1. The Morgan fingerprint density at radius 1 is 1.26 bits per heavy atom. The van der Waals surface area contributed by atoms with Gasteiger partial charge in [-0.3, -0.25) is 10.1 Å². The predicted molar refractivity (Wildman–Crippen MR) is 102 cm³/mol. The van der Waals surface area contributed by atoms with Crippen LogP contribution in [0.1, 0.15) is 35.1 Å². The summed E-state index contributed by atoms with van der Waals surface area (Å²) in [6, 6.07) is 4.17. The van der Waals surface area contributed by atoms with E-state index in [4.69, 9.17) is 9.47 Å². The van der Waals surface area contributed by atoms with Gasteiger partial charge in [0.25, 0.3) is 5.91 Å². The van der Waals surface area contributed by atoms with E-state index in [0.717, 1.165) is 5.01 Å². The summed E-state index contributed by atoms with van der Waals surface area (Å²) in [5.74, 6) is -0.156. The lowest BCUT2D eigenvalue weighted by Gasteiger charge is -2.12. The molecule has 1 aromatic carbocycles. The molecule has 0 aliphatic heterocycles. The monoisotopic (exact) mass is 414 g/mol. The van der Waals surface area contributed by atoms with E-state index in [9.17, 15) is 13.2 Å². The van der Waals surface area contributed by atoms with Crippen LogP contribution in [0.25, 0.3) is 0 Å². The number of amides is 1. The van der Waals surface area contributed by atoms with Crippen LogP contribution in [0.3, 0.4) is 0 Å². The largest absolute Gasteiger partial charge is 0.495 e. The highest BCUT2D eigenvalue weighted by atomic mass is 32.2. The molecule has 2 rings (SSSR count). The highest BCUT2D eigenvalue weighted by molar-refractivity contribution is 7.89. The Morgan fingerprint density at radius 2 is 2.00 bits per heavy atom. The number of aromatic nitrogens is 2. The van der Waals surface area contributed by atoms with Gasteiger partial charge in [0, 0.05) is 25.1 Å². The molecule has 0 atom stereocenters. The van der Waals surface area contributed by atoms with Crippen LogP contribution in [-0.4, -0.2) is 51.9 Å². The molecule has 0 saturated heterocycles. The molecule has 148 valence electrons. The zero-order valence-electron chi connectivity index (χ0n) is 15.5. The number of rotatable bonds is 9. The zero-order valence-corrected chi connectivity index (χ0v) is 17.1. The van der Waals surface area contributed by atoms with Crippen LogP contribution < -0.4 is 14.8 Å². The van der Waals surface area contributed by atoms with Crippen LogP contribution in [-0.2, 0) is 14.8 Å². The average molecular weight is 415 g/mol. The van der Waals surface area contributed by atoms with Gasteiger partial charge in [0.05, 0.1) is 13.7 Å². The third-order valence-electron chi connectivity index (χ3n) is 3.47.